The summed E-state index contributed by atoms with van der Waals surface area (Å²) >= 11 is 5.90. The normalized spacial score (nSPS) is 23.1. The van der Waals surface area contributed by atoms with Crippen LogP contribution >= 0.6 is 11.6 Å². The maximum Gasteiger partial charge on any atom is 0.255 e. The van der Waals surface area contributed by atoms with Crippen LogP contribution in [0.1, 0.15) is 41.6 Å². The van der Waals surface area contributed by atoms with Crippen molar-refractivity contribution in [3.05, 3.63) is 64.7 Å². The van der Waals surface area contributed by atoms with E-state index in [1.165, 1.54) is 5.56 Å². The summed E-state index contributed by atoms with van der Waals surface area (Å²) in [5, 5.41) is 3.43. The third-order valence-corrected chi connectivity index (χ3v) is 4.67. The van der Waals surface area contributed by atoms with Crippen molar-refractivity contribution in [1.29, 1.82) is 0 Å². The molecule has 2 aromatic rings. The Hall–Kier alpha value is -1.84. The molecule has 22 heavy (non-hydrogen) atoms. The molecule has 1 fully saturated rings. The monoisotopic (exact) mass is 314 g/mol. The van der Waals surface area contributed by atoms with E-state index in [0.717, 1.165) is 18.5 Å². The number of hydrogen-bond acceptors (Lipinski definition) is 2. The predicted molar refractivity (Wildman–Crippen MR) is 90.4 cm³/mol. The fourth-order valence-electron chi connectivity index (χ4n) is 2.79. The number of carbonyl (C=O) groups is 1. The standard InChI is InChI=1S/C18H19ClN2O/c1-2-18(20)11-16(18)12-6-8-15(9-7-12)21-17(22)13-4-3-5-14(19)10-13/h3-10,16H,2,11,20H2,1H3,(H,21,22). The lowest BCUT2D eigenvalue weighted by atomic mass is 10.0. The van der Waals surface area contributed by atoms with Gasteiger partial charge in [0.25, 0.3) is 5.91 Å². The van der Waals surface area contributed by atoms with Crippen LogP contribution in [0.2, 0.25) is 5.02 Å². The average Bonchev–Trinajstić information content (AvgIpc) is 3.21. The molecule has 0 heterocycles. The second-order valence-corrected chi connectivity index (χ2v) is 6.37. The van der Waals surface area contributed by atoms with Gasteiger partial charge in [-0.1, -0.05) is 36.7 Å². The highest BCUT2D eigenvalue weighted by Gasteiger charge is 2.49. The first kappa shape index (κ1) is 15.1. The van der Waals surface area contributed by atoms with Gasteiger partial charge < -0.3 is 11.1 Å². The van der Waals surface area contributed by atoms with E-state index in [4.69, 9.17) is 17.3 Å². The Kier molecular flexibility index (Phi) is 3.94. The molecule has 0 spiro atoms. The van der Waals surface area contributed by atoms with Gasteiger partial charge in [-0.2, -0.15) is 0 Å². The van der Waals surface area contributed by atoms with Crippen LogP contribution in [0.5, 0.6) is 0 Å². The number of hydrogen-bond donors (Lipinski definition) is 2. The fraction of sp³-hybridized carbons (Fsp3) is 0.278. The number of nitrogens with one attached hydrogen (secondary N) is 1. The van der Waals surface area contributed by atoms with Crippen LogP contribution in [0, 0.1) is 0 Å². The third kappa shape index (κ3) is 3.01. The number of amides is 1. The van der Waals surface area contributed by atoms with Crippen molar-refractivity contribution in [2.75, 3.05) is 5.32 Å². The summed E-state index contributed by atoms with van der Waals surface area (Å²) in [6.45, 7) is 2.12. The largest absolute Gasteiger partial charge is 0.325 e. The topological polar surface area (TPSA) is 55.1 Å². The Morgan fingerprint density at radius 1 is 1.32 bits per heavy atom. The summed E-state index contributed by atoms with van der Waals surface area (Å²) in [5.74, 6) is 0.276. The molecule has 2 aromatic carbocycles. The second kappa shape index (κ2) is 5.75. The molecule has 1 amide bonds. The molecule has 3 nitrogen and oxygen atoms in total. The maximum atomic E-state index is 12.2. The lowest BCUT2D eigenvalue weighted by molar-refractivity contribution is 0.102. The van der Waals surface area contributed by atoms with Crippen LogP contribution in [0.25, 0.3) is 0 Å². The molecule has 1 saturated carbocycles. The first-order valence-electron chi connectivity index (χ1n) is 7.47. The smallest absolute Gasteiger partial charge is 0.255 e. The summed E-state index contributed by atoms with van der Waals surface area (Å²) in [6.07, 6.45) is 2.03. The molecule has 4 heteroatoms. The van der Waals surface area contributed by atoms with Crippen LogP contribution in [0.3, 0.4) is 0 Å². The zero-order valence-electron chi connectivity index (χ0n) is 12.5. The first-order valence-corrected chi connectivity index (χ1v) is 7.85. The van der Waals surface area contributed by atoms with Crippen molar-refractivity contribution in [1.82, 2.24) is 0 Å². The molecular weight excluding hydrogens is 296 g/mol. The maximum absolute atomic E-state index is 12.2. The minimum absolute atomic E-state index is 0.0362. The summed E-state index contributed by atoms with van der Waals surface area (Å²) in [6, 6.07) is 14.8. The van der Waals surface area contributed by atoms with E-state index in [9.17, 15) is 4.79 Å². The van der Waals surface area contributed by atoms with Crippen LogP contribution < -0.4 is 11.1 Å². The zero-order chi connectivity index (χ0) is 15.7. The Morgan fingerprint density at radius 3 is 2.64 bits per heavy atom. The van der Waals surface area contributed by atoms with Gasteiger partial charge >= 0.3 is 0 Å². The quantitative estimate of drug-likeness (QED) is 0.889. The van der Waals surface area contributed by atoms with Gasteiger partial charge in [-0.25, -0.2) is 0 Å². The molecule has 0 bridgehead atoms. The molecule has 2 unspecified atom stereocenters. The summed E-state index contributed by atoms with van der Waals surface area (Å²) < 4.78 is 0. The second-order valence-electron chi connectivity index (χ2n) is 5.93. The highest BCUT2D eigenvalue weighted by atomic mass is 35.5. The zero-order valence-corrected chi connectivity index (χ0v) is 13.2. The molecule has 1 aliphatic rings. The van der Waals surface area contributed by atoms with Gasteiger partial charge in [-0.3, -0.25) is 4.79 Å². The van der Waals surface area contributed by atoms with Crippen molar-refractivity contribution < 1.29 is 4.79 Å². The SMILES string of the molecule is CCC1(N)CC1c1ccc(NC(=O)c2cccc(Cl)c2)cc1. The number of nitrogens with two attached hydrogens (primary N) is 1. The van der Waals surface area contributed by atoms with E-state index in [2.05, 4.69) is 12.2 Å². The third-order valence-electron chi connectivity index (χ3n) is 4.43. The molecule has 3 rings (SSSR count). The van der Waals surface area contributed by atoms with E-state index in [1.807, 2.05) is 24.3 Å². The van der Waals surface area contributed by atoms with E-state index < -0.39 is 0 Å². The minimum Gasteiger partial charge on any atom is -0.325 e. The van der Waals surface area contributed by atoms with E-state index >= 15 is 0 Å². The number of rotatable bonds is 4. The van der Waals surface area contributed by atoms with Crippen LogP contribution in [-0.2, 0) is 0 Å². The Bertz CT molecular complexity index is 698. The molecule has 114 valence electrons. The predicted octanol–water partition coefficient (Wildman–Crippen LogP) is 4.19. The molecule has 0 aromatic heterocycles. The highest BCUT2D eigenvalue weighted by Crippen LogP contribution is 2.51. The fourth-order valence-corrected chi connectivity index (χ4v) is 2.98. The number of benzene rings is 2. The minimum atomic E-state index is -0.164. The van der Waals surface area contributed by atoms with E-state index in [-0.39, 0.29) is 11.4 Å². The van der Waals surface area contributed by atoms with Crippen molar-refractivity contribution in [2.45, 2.75) is 31.2 Å². The van der Waals surface area contributed by atoms with Crippen LogP contribution in [-0.4, -0.2) is 11.4 Å². The molecule has 1 aliphatic carbocycles. The van der Waals surface area contributed by atoms with Crippen molar-refractivity contribution >= 4 is 23.2 Å². The molecule has 2 atom stereocenters. The molecule has 3 N–H and O–H groups in total. The molecule has 0 saturated heterocycles. The molecule has 0 aliphatic heterocycles. The van der Waals surface area contributed by atoms with Crippen molar-refractivity contribution in [3.63, 3.8) is 0 Å². The molecular formula is C18H19ClN2O. The lowest BCUT2D eigenvalue weighted by Crippen LogP contribution is -2.22. The summed E-state index contributed by atoms with van der Waals surface area (Å²) in [7, 11) is 0. The highest BCUT2D eigenvalue weighted by molar-refractivity contribution is 6.31. The van der Waals surface area contributed by atoms with Crippen molar-refractivity contribution in [2.24, 2.45) is 5.73 Å². The average molecular weight is 315 g/mol. The van der Waals surface area contributed by atoms with Gasteiger partial charge in [0, 0.05) is 27.7 Å². The summed E-state index contributed by atoms with van der Waals surface area (Å²) in [4.78, 5) is 12.2. The Labute approximate surface area is 135 Å². The Balaban J connectivity index is 1.68. The van der Waals surface area contributed by atoms with Crippen LogP contribution in [0.4, 0.5) is 5.69 Å². The number of halogens is 1. The van der Waals surface area contributed by atoms with Gasteiger partial charge in [0.05, 0.1) is 0 Å². The van der Waals surface area contributed by atoms with Gasteiger partial charge in [-0.05, 0) is 48.7 Å². The summed E-state index contributed by atoms with van der Waals surface area (Å²) in [5.41, 5.74) is 8.77. The number of anilines is 1. The van der Waals surface area contributed by atoms with Gasteiger partial charge in [0.15, 0.2) is 0 Å². The first-order chi connectivity index (χ1) is 10.5. The molecule has 0 radical (unpaired) electrons. The lowest BCUT2D eigenvalue weighted by Gasteiger charge is -2.09. The number of carbonyl (C=O) groups excluding carboxylic acids is 1. The van der Waals surface area contributed by atoms with E-state index in [0.29, 0.717) is 16.5 Å². The van der Waals surface area contributed by atoms with Crippen LogP contribution in [0.15, 0.2) is 48.5 Å². The van der Waals surface area contributed by atoms with Gasteiger partial charge in [-0.15, -0.1) is 0 Å². The van der Waals surface area contributed by atoms with Crippen molar-refractivity contribution in [3.8, 4) is 0 Å². The van der Waals surface area contributed by atoms with E-state index in [1.54, 1.807) is 24.3 Å². The van der Waals surface area contributed by atoms with Gasteiger partial charge in [0.1, 0.15) is 0 Å². The Morgan fingerprint density at radius 2 is 2.05 bits per heavy atom. The van der Waals surface area contributed by atoms with Gasteiger partial charge in [0.2, 0.25) is 0 Å².